The van der Waals surface area contributed by atoms with E-state index in [2.05, 4.69) is 4.98 Å². The second-order valence-corrected chi connectivity index (χ2v) is 5.20. The van der Waals surface area contributed by atoms with Crippen molar-refractivity contribution >= 4 is 5.91 Å². The average Bonchev–Trinajstić information content (AvgIpc) is 2.81. The number of β-amino-alcohol motifs (C(OH)–C–C–N with tert-alkyl or cyclic N) is 1. The monoisotopic (exact) mass is 296 g/mol. The molecule has 2 heterocycles. The van der Waals surface area contributed by atoms with Crippen molar-refractivity contribution < 1.29 is 9.90 Å². The Bertz CT molecular complexity index is 609. The van der Waals surface area contributed by atoms with Gasteiger partial charge < -0.3 is 15.7 Å². The number of aliphatic hydroxyl groups is 1. The standard InChI is InChI=1S/C13H20N4O4/c14-5-2-1-3-12(20)16-7-9(10(18)8-16)17-6-4-11(19)15-13(17)21/h4,6,9-10,18H,1-3,5,7-8,14H2,(H,15,19,21)/t9-,10-/m1/s1. The lowest BCUT2D eigenvalue weighted by Crippen LogP contribution is -2.36. The number of H-pyrrole nitrogens is 1. The minimum Gasteiger partial charge on any atom is -0.389 e. The molecular weight excluding hydrogens is 276 g/mol. The number of aromatic amines is 1. The molecule has 1 saturated heterocycles. The molecule has 1 aromatic rings. The van der Waals surface area contributed by atoms with Crippen molar-refractivity contribution in [3.05, 3.63) is 33.1 Å². The van der Waals surface area contributed by atoms with Crippen LogP contribution in [0.5, 0.6) is 0 Å². The first kappa shape index (κ1) is 15.5. The molecule has 4 N–H and O–H groups in total. The summed E-state index contributed by atoms with van der Waals surface area (Å²) in [5.74, 6) is -0.0533. The lowest BCUT2D eigenvalue weighted by Gasteiger charge is -2.17. The maximum absolute atomic E-state index is 12.0. The summed E-state index contributed by atoms with van der Waals surface area (Å²) in [5, 5.41) is 10.1. The van der Waals surface area contributed by atoms with E-state index in [-0.39, 0.29) is 19.0 Å². The van der Waals surface area contributed by atoms with Crippen LogP contribution in [0.3, 0.4) is 0 Å². The van der Waals surface area contributed by atoms with Crippen LogP contribution in [0.1, 0.15) is 25.3 Å². The number of likely N-dealkylation sites (tertiary alicyclic amines) is 1. The Morgan fingerprint density at radius 2 is 2.14 bits per heavy atom. The first-order valence-electron chi connectivity index (χ1n) is 7.00. The number of aliphatic hydroxyl groups excluding tert-OH is 1. The SMILES string of the molecule is NCCCCC(=O)N1C[C@@H](O)[C@H](n2ccc(=O)[nH]c2=O)C1. The van der Waals surface area contributed by atoms with E-state index in [1.807, 2.05) is 0 Å². The normalized spacial score (nSPS) is 21.7. The number of hydrogen-bond acceptors (Lipinski definition) is 5. The van der Waals surface area contributed by atoms with Crippen LogP contribution >= 0.6 is 0 Å². The summed E-state index contributed by atoms with van der Waals surface area (Å²) < 4.78 is 1.26. The predicted octanol–water partition coefficient (Wildman–Crippen LogP) is -1.59. The first-order valence-corrected chi connectivity index (χ1v) is 7.00. The van der Waals surface area contributed by atoms with Gasteiger partial charge in [0.25, 0.3) is 5.56 Å². The molecule has 0 aromatic carbocycles. The van der Waals surface area contributed by atoms with E-state index in [1.165, 1.54) is 16.8 Å². The van der Waals surface area contributed by atoms with Crippen molar-refractivity contribution in [2.75, 3.05) is 19.6 Å². The lowest BCUT2D eigenvalue weighted by molar-refractivity contribution is -0.130. The molecule has 1 aliphatic rings. The zero-order valence-electron chi connectivity index (χ0n) is 11.7. The molecule has 0 radical (unpaired) electrons. The van der Waals surface area contributed by atoms with Crippen LogP contribution in [0.15, 0.2) is 21.9 Å². The summed E-state index contributed by atoms with van der Waals surface area (Å²) in [4.78, 5) is 38.5. The van der Waals surface area contributed by atoms with E-state index in [4.69, 9.17) is 5.73 Å². The summed E-state index contributed by atoms with van der Waals surface area (Å²) in [6, 6.07) is 0.688. The van der Waals surface area contributed by atoms with Gasteiger partial charge in [-0.1, -0.05) is 0 Å². The maximum Gasteiger partial charge on any atom is 0.328 e. The van der Waals surface area contributed by atoms with Crippen molar-refractivity contribution in [3.63, 3.8) is 0 Å². The van der Waals surface area contributed by atoms with Gasteiger partial charge in [-0.3, -0.25) is 19.1 Å². The second-order valence-electron chi connectivity index (χ2n) is 5.20. The second kappa shape index (κ2) is 6.68. The molecule has 1 fully saturated rings. The highest BCUT2D eigenvalue weighted by Crippen LogP contribution is 2.21. The minimum absolute atomic E-state index is 0.0533. The topological polar surface area (TPSA) is 121 Å². The molecule has 1 aromatic heterocycles. The fraction of sp³-hybridized carbons (Fsp3) is 0.615. The molecule has 0 spiro atoms. The third-order valence-electron chi connectivity index (χ3n) is 3.66. The van der Waals surface area contributed by atoms with E-state index in [0.717, 1.165) is 6.42 Å². The van der Waals surface area contributed by atoms with Crippen molar-refractivity contribution in [1.29, 1.82) is 0 Å². The van der Waals surface area contributed by atoms with Gasteiger partial charge in [0.2, 0.25) is 5.91 Å². The van der Waals surface area contributed by atoms with E-state index < -0.39 is 23.4 Å². The van der Waals surface area contributed by atoms with Gasteiger partial charge in [-0.15, -0.1) is 0 Å². The van der Waals surface area contributed by atoms with Gasteiger partial charge in [0.1, 0.15) is 0 Å². The third kappa shape index (κ3) is 3.59. The van der Waals surface area contributed by atoms with Crippen molar-refractivity contribution in [2.24, 2.45) is 5.73 Å². The molecule has 0 unspecified atom stereocenters. The van der Waals surface area contributed by atoms with Gasteiger partial charge in [0, 0.05) is 31.8 Å². The largest absolute Gasteiger partial charge is 0.389 e. The first-order chi connectivity index (χ1) is 10.0. The molecule has 2 rings (SSSR count). The van der Waals surface area contributed by atoms with E-state index >= 15 is 0 Å². The molecule has 1 amide bonds. The van der Waals surface area contributed by atoms with Crippen LogP contribution in [-0.2, 0) is 4.79 Å². The molecule has 116 valence electrons. The summed E-state index contributed by atoms with van der Waals surface area (Å²) >= 11 is 0. The van der Waals surface area contributed by atoms with E-state index in [1.54, 1.807) is 4.90 Å². The average molecular weight is 296 g/mol. The Balaban J connectivity index is 2.05. The highest BCUT2D eigenvalue weighted by Gasteiger charge is 2.35. The van der Waals surface area contributed by atoms with Crippen LogP contribution in [0.2, 0.25) is 0 Å². The molecule has 0 saturated carbocycles. The molecular formula is C13H20N4O4. The number of rotatable bonds is 5. The third-order valence-corrected chi connectivity index (χ3v) is 3.66. The Labute approximate surface area is 121 Å². The zero-order chi connectivity index (χ0) is 15.4. The van der Waals surface area contributed by atoms with Crippen LogP contribution in [0, 0.1) is 0 Å². The number of nitrogens with two attached hydrogens (primary N) is 1. The van der Waals surface area contributed by atoms with E-state index in [9.17, 15) is 19.5 Å². The highest BCUT2D eigenvalue weighted by atomic mass is 16.3. The number of carbonyl (C=O) groups is 1. The predicted molar refractivity (Wildman–Crippen MR) is 75.9 cm³/mol. The van der Waals surface area contributed by atoms with E-state index in [0.29, 0.717) is 19.4 Å². The van der Waals surface area contributed by atoms with Gasteiger partial charge in [0.05, 0.1) is 12.1 Å². The molecule has 1 aliphatic heterocycles. The number of carbonyl (C=O) groups excluding carboxylic acids is 1. The summed E-state index contributed by atoms with van der Waals surface area (Å²) in [6.45, 7) is 0.998. The smallest absolute Gasteiger partial charge is 0.328 e. The molecule has 21 heavy (non-hydrogen) atoms. The number of hydrogen-bond donors (Lipinski definition) is 3. The van der Waals surface area contributed by atoms with Crippen LogP contribution in [0.25, 0.3) is 0 Å². The number of nitrogens with one attached hydrogen (secondary N) is 1. The number of nitrogens with zero attached hydrogens (tertiary/aromatic N) is 2. The Hall–Kier alpha value is -1.93. The molecule has 0 aliphatic carbocycles. The van der Waals surface area contributed by atoms with Gasteiger partial charge in [-0.25, -0.2) is 4.79 Å². The fourth-order valence-electron chi connectivity index (χ4n) is 2.51. The van der Waals surface area contributed by atoms with Crippen LogP contribution in [-0.4, -0.2) is 51.2 Å². The molecule has 2 atom stereocenters. The minimum atomic E-state index is -0.827. The lowest BCUT2D eigenvalue weighted by atomic mass is 10.2. The quantitative estimate of drug-likeness (QED) is 0.566. The Kier molecular flexibility index (Phi) is 4.92. The van der Waals surface area contributed by atoms with Crippen LogP contribution in [0.4, 0.5) is 0 Å². The zero-order valence-corrected chi connectivity index (χ0v) is 11.7. The summed E-state index contributed by atoms with van der Waals surface area (Å²) in [5.41, 5.74) is 4.32. The highest BCUT2D eigenvalue weighted by molar-refractivity contribution is 5.76. The molecule has 8 heteroatoms. The van der Waals surface area contributed by atoms with Crippen molar-refractivity contribution in [1.82, 2.24) is 14.5 Å². The number of amides is 1. The van der Waals surface area contributed by atoms with Crippen molar-refractivity contribution in [2.45, 2.75) is 31.4 Å². The number of aromatic nitrogens is 2. The van der Waals surface area contributed by atoms with Gasteiger partial charge in [-0.05, 0) is 19.4 Å². The van der Waals surface area contributed by atoms with Crippen molar-refractivity contribution in [3.8, 4) is 0 Å². The Morgan fingerprint density at radius 1 is 1.38 bits per heavy atom. The molecule has 0 bridgehead atoms. The fourth-order valence-corrected chi connectivity index (χ4v) is 2.51. The van der Waals surface area contributed by atoms with Gasteiger partial charge in [0.15, 0.2) is 0 Å². The maximum atomic E-state index is 12.0. The van der Waals surface area contributed by atoms with Gasteiger partial charge in [-0.2, -0.15) is 0 Å². The Morgan fingerprint density at radius 3 is 2.81 bits per heavy atom. The molecule has 8 nitrogen and oxygen atoms in total. The van der Waals surface area contributed by atoms with Gasteiger partial charge >= 0.3 is 5.69 Å². The summed E-state index contributed by atoms with van der Waals surface area (Å²) in [7, 11) is 0. The number of unbranched alkanes of at least 4 members (excludes halogenated alkanes) is 1. The summed E-state index contributed by atoms with van der Waals surface area (Å²) in [6.07, 6.45) is 2.40. The van der Waals surface area contributed by atoms with Crippen LogP contribution < -0.4 is 17.0 Å².